The van der Waals surface area contributed by atoms with E-state index in [-0.39, 0.29) is 22.3 Å². The number of rotatable bonds is 9. The van der Waals surface area contributed by atoms with Crippen LogP contribution in [-0.2, 0) is 14.8 Å². The molecule has 0 bridgehead atoms. The van der Waals surface area contributed by atoms with Crippen LogP contribution in [0.25, 0.3) is 0 Å². The minimum absolute atomic E-state index is 0.00500. The maximum absolute atomic E-state index is 12.0. The Kier molecular flexibility index (Phi) is 7.33. The average molecular weight is 337 g/mol. The number of hydrazine groups is 1. The van der Waals surface area contributed by atoms with Gasteiger partial charge in [-0.3, -0.25) is 0 Å². The summed E-state index contributed by atoms with van der Waals surface area (Å²) in [6.45, 7) is 5.57. The topological polar surface area (TPSA) is 106 Å². The minimum Gasteiger partial charge on any atom is -0.381 e. The summed E-state index contributed by atoms with van der Waals surface area (Å²) in [5, 5.41) is 0.139. The van der Waals surface area contributed by atoms with Gasteiger partial charge in [-0.05, 0) is 18.4 Å². The number of aromatic nitrogens is 1. The number of hydrogen-bond acceptors (Lipinski definition) is 6. The number of nitrogens with two attached hydrogens (primary N) is 1. The molecule has 0 amide bonds. The third-order valence-corrected chi connectivity index (χ3v) is 4.19. The van der Waals surface area contributed by atoms with E-state index in [9.17, 15) is 8.42 Å². The van der Waals surface area contributed by atoms with Crippen molar-refractivity contribution in [1.29, 1.82) is 0 Å². The van der Waals surface area contributed by atoms with Gasteiger partial charge < -0.3 is 10.2 Å². The molecule has 4 N–H and O–H groups in total. The van der Waals surface area contributed by atoms with E-state index in [2.05, 4.69) is 29.0 Å². The normalized spacial score (nSPS) is 11.9. The average Bonchev–Trinajstić information content (AvgIpc) is 2.42. The van der Waals surface area contributed by atoms with E-state index in [1.54, 1.807) is 0 Å². The lowest BCUT2D eigenvalue weighted by Gasteiger charge is -2.09. The molecule has 9 heteroatoms. The van der Waals surface area contributed by atoms with Gasteiger partial charge in [0.1, 0.15) is 4.90 Å². The van der Waals surface area contributed by atoms with Crippen molar-refractivity contribution in [3.8, 4) is 0 Å². The maximum Gasteiger partial charge on any atom is 0.242 e. The van der Waals surface area contributed by atoms with Crippen LogP contribution in [0.15, 0.2) is 17.2 Å². The van der Waals surface area contributed by atoms with Gasteiger partial charge in [0, 0.05) is 26.0 Å². The molecule has 0 aliphatic heterocycles. The van der Waals surface area contributed by atoms with Crippen molar-refractivity contribution in [1.82, 2.24) is 9.71 Å². The molecular weight excluding hydrogens is 316 g/mol. The Bertz CT molecular complexity index is 551. The predicted molar refractivity (Wildman–Crippen MR) is 82.5 cm³/mol. The largest absolute Gasteiger partial charge is 0.381 e. The molecule has 0 unspecified atom stereocenters. The Morgan fingerprint density at radius 3 is 2.76 bits per heavy atom. The van der Waals surface area contributed by atoms with Crippen LogP contribution in [0, 0.1) is 5.92 Å². The van der Waals surface area contributed by atoms with Crippen LogP contribution in [0.3, 0.4) is 0 Å². The standard InChI is InChI=1S/C12H21ClN4O3S/c1-9(2)8-20-5-3-4-16-21(18,19)10-6-11(13)12(17-14)15-7-10/h6-7,9,16H,3-5,8,14H2,1-2H3,(H,15,17). The lowest BCUT2D eigenvalue weighted by Crippen LogP contribution is -2.26. The number of ether oxygens (including phenoxy) is 1. The van der Waals surface area contributed by atoms with Gasteiger partial charge in [-0.2, -0.15) is 0 Å². The number of pyridine rings is 1. The molecule has 0 aromatic carbocycles. The predicted octanol–water partition coefficient (Wildman–Crippen LogP) is 1.36. The summed E-state index contributed by atoms with van der Waals surface area (Å²) in [7, 11) is -3.63. The Balaban J connectivity index is 2.48. The lowest BCUT2D eigenvalue weighted by atomic mass is 10.2. The van der Waals surface area contributed by atoms with Crippen LogP contribution in [0.2, 0.25) is 5.02 Å². The molecule has 0 aliphatic rings. The summed E-state index contributed by atoms with van der Waals surface area (Å²) in [4.78, 5) is 3.82. The highest BCUT2D eigenvalue weighted by Gasteiger charge is 2.15. The van der Waals surface area contributed by atoms with Crippen LogP contribution in [0.4, 0.5) is 5.82 Å². The number of anilines is 1. The molecule has 1 heterocycles. The molecule has 21 heavy (non-hydrogen) atoms. The summed E-state index contributed by atoms with van der Waals surface area (Å²) in [5.41, 5.74) is 2.27. The highest BCUT2D eigenvalue weighted by molar-refractivity contribution is 7.89. The number of nitrogen functional groups attached to an aromatic ring is 1. The molecule has 0 radical (unpaired) electrons. The second-order valence-electron chi connectivity index (χ2n) is 4.87. The maximum atomic E-state index is 12.0. The van der Waals surface area contributed by atoms with Crippen LogP contribution in [0.1, 0.15) is 20.3 Å². The third-order valence-electron chi connectivity index (χ3n) is 2.47. The van der Waals surface area contributed by atoms with E-state index >= 15 is 0 Å². The van der Waals surface area contributed by atoms with Crippen LogP contribution in [-0.4, -0.2) is 33.2 Å². The van der Waals surface area contributed by atoms with Gasteiger partial charge in [-0.15, -0.1) is 0 Å². The van der Waals surface area contributed by atoms with Crippen molar-refractivity contribution in [2.24, 2.45) is 11.8 Å². The molecule has 0 spiro atoms. The highest BCUT2D eigenvalue weighted by atomic mass is 35.5. The van der Waals surface area contributed by atoms with Gasteiger partial charge in [-0.25, -0.2) is 24.0 Å². The van der Waals surface area contributed by atoms with E-state index in [0.717, 1.165) is 0 Å². The fraction of sp³-hybridized carbons (Fsp3) is 0.583. The Hall–Kier alpha value is -0.930. The quantitative estimate of drug-likeness (QED) is 0.357. The molecule has 0 aliphatic carbocycles. The first-order valence-corrected chi connectivity index (χ1v) is 8.42. The van der Waals surface area contributed by atoms with E-state index in [4.69, 9.17) is 22.2 Å². The molecule has 0 saturated heterocycles. The van der Waals surface area contributed by atoms with E-state index < -0.39 is 10.0 Å². The zero-order chi connectivity index (χ0) is 15.9. The first kappa shape index (κ1) is 18.1. The minimum atomic E-state index is -3.63. The molecule has 1 rings (SSSR count). The van der Waals surface area contributed by atoms with Gasteiger partial charge in [0.2, 0.25) is 10.0 Å². The van der Waals surface area contributed by atoms with Crippen LogP contribution >= 0.6 is 11.6 Å². The molecule has 1 aromatic rings. The zero-order valence-electron chi connectivity index (χ0n) is 12.1. The van der Waals surface area contributed by atoms with Crippen LogP contribution < -0.4 is 16.0 Å². The monoisotopic (exact) mass is 336 g/mol. The second-order valence-corrected chi connectivity index (χ2v) is 7.04. The Labute approximate surface area is 130 Å². The fourth-order valence-corrected chi connectivity index (χ4v) is 2.79. The zero-order valence-corrected chi connectivity index (χ0v) is 13.7. The molecule has 1 aromatic heterocycles. The van der Waals surface area contributed by atoms with E-state index in [1.807, 2.05) is 0 Å². The molecule has 120 valence electrons. The van der Waals surface area contributed by atoms with E-state index in [0.29, 0.717) is 25.6 Å². The van der Waals surface area contributed by atoms with Crippen molar-refractivity contribution in [3.05, 3.63) is 17.3 Å². The van der Waals surface area contributed by atoms with Crippen molar-refractivity contribution in [2.45, 2.75) is 25.2 Å². The SMILES string of the molecule is CC(C)COCCCNS(=O)(=O)c1cnc(NN)c(Cl)c1. The first-order chi connectivity index (χ1) is 9.86. The number of halogens is 1. The molecular formula is C12H21ClN4O3S. The summed E-state index contributed by atoms with van der Waals surface area (Å²) in [6, 6.07) is 1.29. The van der Waals surface area contributed by atoms with Crippen LogP contribution in [0.5, 0.6) is 0 Å². The Morgan fingerprint density at radius 1 is 1.48 bits per heavy atom. The summed E-state index contributed by atoms with van der Waals surface area (Å²) < 4.78 is 31.9. The molecule has 0 saturated carbocycles. The Morgan fingerprint density at radius 2 is 2.19 bits per heavy atom. The third kappa shape index (κ3) is 6.15. The van der Waals surface area contributed by atoms with Crippen molar-refractivity contribution >= 4 is 27.4 Å². The summed E-state index contributed by atoms with van der Waals surface area (Å²) in [6.07, 6.45) is 1.79. The smallest absolute Gasteiger partial charge is 0.242 e. The molecule has 0 atom stereocenters. The van der Waals surface area contributed by atoms with Gasteiger partial charge in [-0.1, -0.05) is 25.4 Å². The van der Waals surface area contributed by atoms with E-state index in [1.165, 1.54) is 12.3 Å². The van der Waals surface area contributed by atoms with Crippen molar-refractivity contribution in [2.75, 3.05) is 25.2 Å². The molecule has 7 nitrogen and oxygen atoms in total. The van der Waals surface area contributed by atoms with Gasteiger partial charge >= 0.3 is 0 Å². The van der Waals surface area contributed by atoms with Crippen molar-refractivity contribution in [3.63, 3.8) is 0 Å². The summed E-state index contributed by atoms with van der Waals surface area (Å²) in [5.74, 6) is 5.86. The first-order valence-electron chi connectivity index (χ1n) is 6.56. The number of sulfonamides is 1. The highest BCUT2D eigenvalue weighted by Crippen LogP contribution is 2.21. The fourth-order valence-electron chi connectivity index (χ4n) is 1.46. The number of hydrogen-bond donors (Lipinski definition) is 3. The summed E-state index contributed by atoms with van der Waals surface area (Å²) >= 11 is 5.85. The number of nitrogens with one attached hydrogen (secondary N) is 2. The number of nitrogens with zero attached hydrogens (tertiary/aromatic N) is 1. The van der Waals surface area contributed by atoms with Gasteiger partial charge in [0.05, 0.1) is 5.02 Å². The molecule has 0 fully saturated rings. The van der Waals surface area contributed by atoms with Gasteiger partial charge in [0.15, 0.2) is 5.82 Å². The second kappa shape index (κ2) is 8.50. The lowest BCUT2D eigenvalue weighted by molar-refractivity contribution is 0.108. The van der Waals surface area contributed by atoms with Gasteiger partial charge in [0.25, 0.3) is 0 Å². The van der Waals surface area contributed by atoms with Crippen molar-refractivity contribution < 1.29 is 13.2 Å².